The number of benzene rings is 2. The summed E-state index contributed by atoms with van der Waals surface area (Å²) in [4.78, 5) is 18.5. The van der Waals surface area contributed by atoms with E-state index >= 15 is 0 Å². The maximum absolute atomic E-state index is 9.27. The summed E-state index contributed by atoms with van der Waals surface area (Å²) in [5.41, 5.74) is 3.77. The van der Waals surface area contributed by atoms with Gasteiger partial charge in [-0.25, -0.2) is 0 Å². The Morgan fingerprint density at radius 2 is 0.902 bits per heavy atom. The van der Waals surface area contributed by atoms with Gasteiger partial charge in [0.25, 0.3) is 0 Å². The van der Waals surface area contributed by atoms with Gasteiger partial charge in [-0.05, 0) is 44.9 Å². The summed E-state index contributed by atoms with van der Waals surface area (Å²) in [7, 11) is -4.32. The van der Waals surface area contributed by atoms with Crippen molar-refractivity contribution in [3.05, 3.63) is 58.7 Å². The maximum Gasteiger partial charge on any atom is 0.463 e. The Labute approximate surface area is 252 Å². The highest BCUT2D eigenvalue weighted by atomic mass is 31.2. The molecular formula is C33H54O6P2. The molecule has 41 heavy (non-hydrogen) atoms. The Morgan fingerprint density at radius 3 is 1.22 bits per heavy atom. The number of hydrogen-bond donors (Lipinski definition) is 2. The predicted octanol–water partition coefficient (Wildman–Crippen LogP) is 9.83. The van der Waals surface area contributed by atoms with Crippen molar-refractivity contribution in [2.75, 3.05) is 13.2 Å². The van der Waals surface area contributed by atoms with Crippen molar-refractivity contribution in [1.82, 2.24) is 0 Å². The Hall–Kier alpha value is -1.26. The minimum absolute atomic E-state index is 0.00445. The molecule has 0 bridgehead atoms. The Kier molecular flexibility index (Phi) is 11.5. The molecular weight excluding hydrogens is 554 g/mol. The zero-order valence-electron chi connectivity index (χ0n) is 27.8. The van der Waals surface area contributed by atoms with Crippen LogP contribution in [-0.4, -0.2) is 23.0 Å². The molecule has 0 amide bonds. The topological polar surface area (TPSA) is 77.4 Å². The van der Waals surface area contributed by atoms with Gasteiger partial charge in [0.1, 0.15) is 11.5 Å². The van der Waals surface area contributed by atoms with Crippen LogP contribution in [-0.2, 0) is 30.7 Å². The largest absolute Gasteiger partial charge is 0.463 e. The molecule has 232 valence electrons. The smallest absolute Gasteiger partial charge is 0.417 e. The molecule has 0 fully saturated rings. The number of hydrogen-bond acceptors (Lipinski definition) is 6. The van der Waals surface area contributed by atoms with E-state index in [-0.39, 0.29) is 34.9 Å². The summed E-state index contributed by atoms with van der Waals surface area (Å²) >= 11 is 0. The SMILES string of the molecule is CC(C)(COP(O)O)COP(Oc1ccc(C(C)(C)C)cc1C(C)(C)C)Oc1ccc(C(C)(C)C)cc1C(C)(C)C. The van der Waals surface area contributed by atoms with Crippen LogP contribution in [0.5, 0.6) is 11.5 Å². The van der Waals surface area contributed by atoms with Crippen LogP contribution < -0.4 is 9.05 Å². The molecule has 0 aliphatic carbocycles. The summed E-state index contributed by atoms with van der Waals surface area (Å²) in [6, 6.07) is 12.7. The van der Waals surface area contributed by atoms with Gasteiger partial charge >= 0.3 is 17.2 Å². The van der Waals surface area contributed by atoms with E-state index in [2.05, 4.69) is 107 Å². The first-order valence-corrected chi connectivity index (χ1v) is 16.6. The van der Waals surface area contributed by atoms with Gasteiger partial charge in [-0.3, -0.25) is 4.52 Å². The van der Waals surface area contributed by atoms with Gasteiger partial charge in [-0.2, -0.15) is 0 Å². The Balaban J connectivity index is 2.56. The van der Waals surface area contributed by atoms with Gasteiger partial charge in [0.2, 0.25) is 0 Å². The van der Waals surface area contributed by atoms with E-state index < -0.39 is 22.6 Å². The molecule has 0 heterocycles. The fraction of sp³-hybridized carbons (Fsp3) is 0.636. The highest BCUT2D eigenvalue weighted by Crippen LogP contribution is 2.49. The monoisotopic (exact) mass is 608 g/mol. The van der Waals surface area contributed by atoms with Crippen molar-refractivity contribution in [1.29, 1.82) is 0 Å². The maximum atomic E-state index is 9.27. The van der Waals surface area contributed by atoms with Crippen LogP contribution in [0.3, 0.4) is 0 Å². The first kappa shape index (κ1) is 35.9. The van der Waals surface area contributed by atoms with Crippen LogP contribution >= 0.6 is 17.2 Å². The van der Waals surface area contributed by atoms with E-state index in [0.29, 0.717) is 0 Å². The van der Waals surface area contributed by atoms with Gasteiger partial charge in [0.15, 0.2) is 0 Å². The summed E-state index contributed by atoms with van der Waals surface area (Å²) in [6.45, 7) is 30.5. The summed E-state index contributed by atoms with van der Waals surface area (Å²) in [5.74, 6) is 1.45. The van der Waals surface area contributed by atoms with Crippen LogP contribution in [0.4, 0.5) is 0 Å². The standard InChI is InChI=1S/C33H54O6P2/c1-29(2,3)23-15-17-27(25(19-23)31(7,8)9)38-41(37-22-33(13,14)21-36-40(34)35)39-28-18-16-24(30(4,5)6)20-26(28)32(10,11)12/h15-20,34-35H,21-22H2,1-14H3. The normalized spacial score (nSPS) is 13.7. The second kappa shape index (κ2) is 13.2. The van der Waals surface area contributed by atoms with Crippen molar-refractivity contribution < 1.29 is 27.9 Å². The van der Waals surface area contributed by atoms with E-state index in [9.17, 15) is 9.79 Å². The molecule has 2 rings (SSSR count). The minimum atomic E-state index is -2.44. The molecule has 0 aliphatic heterocycles. The molecule has 0 unspecified atom stereocenters. The quantitative estimate of drug-likeness (QED) is 0.262. The highest BCUT2D eigenvalue weighted by molar-refractivity contribution is 7.42. The average Bonchev–Trinajstić information content (AvgIpc) is 2.79. The lowest BCUT2D eigenvalue weighted by Gasteiger charge is -2.31. The summed E-state index contributed by atoms with van der Waals surface area (Å²) < 4.78 is 24.7. The van der Waals surface area contributed by atoms with Crippen molar-refractivity contribution in [2.45, 2.75) is 119 Å². The molecule has 2 aromatic rings. The molecule has 2 aromatic carbocycles. The zero-order valence-corrected chi connectivity index (χ0v) is 29.6. The Morgan fingerprint density at radius 1 is 0.537 bits per heavy atom. The lowest BCUT2D eigenvalue weighted by Crippen LogP contribution is -2.25. The van der Waals surface area contributed by atoms with Crippen LogP contribution in [0.25, 0.3) is 0 Å². The van der Waals surface area contributed by atoms with Crippen molar-refractivity contribution in [3.8, 4) is 11.5 Å². The van der Waals surface area contributed by atoms with Crippen molar-refractivity contribution in [3.63, 3.8) is 0 Å². The molecule has 0 atom stereocenters. The van der Waals surface area contributed by atoms with E-state index in [1.807, 2.05) is 26.0 Å². The van der Waals surface area contributed by atoms with Gasteiger partial charge in [-0.15, -0.1) is 0 Å². The van der Waals surface area contributed by atoms with E-state index in [1.54, 1.807) is 0 Å². The molecule has 0 aliphatic rings. The van der Waals surface area contributed by atoms with Gasteiger partial charge in [0.05, 0.1) is 13.2 Å². The zero-order chi connectivity index (χ0) is 31.6. The van der Waals surface area contributed by atoms with Gasteiger partial charge < -0.3 is 23.4 Å². The molecule has 0 spiro atoms. The lowest BCUT2D eigenvalue weighted by atomic mass is 9.80. The van der Waals surface area contributed by atoms with Crippen molar-refractivity contribution >= 4 is 17.2 Å². The summed E-state index contributed by atoms with van der Waals surface area (Å²) in [5, 5.41) is 0. The van der Waals surface area contributed by atoms with Crippen molar-refractivity contribution in [2.24, 2.45) is 5.41 Å². The van der Waals surface area contributed by atoms with Crippen LogP contribution in [0.1, 0.15) is 119 Å². The third-order valence-corrected chi connectivity index (χ3v) is 8.18. The highest BCUT2D eigenvalue weighted by Gasteiger charge is 2.31. The van der Waals surface area contributed by atoms with Gasteiger partial charge in [0, 0.05) is 16.5 Å². The number of rotatable bonds is 10. The molecule has 0 saturated heterocycles. The van der Waals surface area contributed by atoms with E-state index in [1.165, 1.54) is 11.1 Å². The molecule has 6 nitrogen and oxygen atoms in total. The molecule has 2 N–H and O–H groups in total. The van der Waals surface area contributed by atoms with Crippen LogP contribution in [0, 0.1) is 5.41 Å². The first-order valence-electron chi connectivity index (χ1n) is 14.3. The molecule has 0 aromatic heterocycles. The predicted molar refractivity (Wildman–Crippen MR) is 173 cm³/mol. The fourth-order valence-electron chi connectivity index (χ4n) is 4.06. The van der Waals surface area contributed by atoms with E-state index in [4.69, 9.17) is 18.1 Å². The first-order chi connectivity index (χ1) is 18.4. The lowest BCUT2D eigenvalue weighted by molar-refractivity contribution is 0.0958. The van der Waals surface area contributed by atoms with E-state index in [0.717, 1.165) is 22.6 Å². The van der Waals surface area contributed by atoms with Crippen LogP contribution in [0.2, 0.25) is 0 Å². The molecule has 0 radical (unpaired) electrons. The minimum Gasteiger partial charge on any atom is -0.417 e. The third-order valence-electron chi connectivity index (χ3n) is 6.78. The second-order valence-electron chi connectivity index (χ2n) is 15.8. The fourth-order valence-corrected chi connectivity index (χ4v) is 5.76. The molecule has 0 saturated carbocycles. The average molecular weight is 609 g/mol. The summed E-state index contributed by atoms with van der Waals surface area (Å²) in [6.07, 6.45) is 0. The third kappa shape index (κ3) is 11.1. The van der Waals surface area contributed by atoms with Crippen LogP contribution in [0.15, 0.2) is 36.4 Å². The molecule has 8 heteroatoms. The second-order valence-corrected chi connectivity index (χ2v) is 17.6. The Bertz CT molecular complexity index is 1070. The van der Waals surface area contributed by atoms with Gasteiger partial charge in [-0.1, -0.05) is 121 Å².